The Kier molecular flexibility index (Phi) is 7.20. The predicted molar refractivity (Wildman–Crippen MR) is 126 cm³/mol. The molecule has 8 heteroatoms. The SMILES string of the molecule is COC(=O)CCCc1ccc(-c2nc(NC3CC(C)(C)NC(C)(C)C3)ncc2Br)s1. The minimum Gasteiger partial charge on any atom is -0.469 e. The van der Waals surface area contributed by atoms with E-state index >= 15 is 0 Å². The predicted octanol–water partition coefficient (Wildman–Crippen LogP) is 5.18. The number of carbonyl (C=O) groups excluding carboxylic acids is 1. The molecule has 0 unspecified atom stereocenters. The van der Waals surface area contributed by atoms with Crippen LogP contribution in [0.4, 0.5) is 5.95 Å². The van der Waals surface area contributed by atoms with Gasteiger partial charge in [-0.2, -0.15) is 0 Å². The summed E-state index contributed by atoms with van der Waals surface area (Å²) < 4.78 is 5.59. The fourth-order valence-corrected chi connectivity index (χ4v) is 5.95. The molecule has 2 N–H and O–H groups in total. The highest BCUT2D eigenvalue weighted by Crippen LogP contribution is 2.34. The van der Waals surface area contributed by atoms with Gasteiger partial charge in [-0.05, 0) is 81.4 Å². The number of ether oxygens (including phenoxy) is 1. The highest BCUT2D eigenvalue weighted by molar-refractivity contribution is 9.10. The Morgan fingerprint density at radius 1 is 1.30 bits per heavy atom. The van der Waals surface area contributed by atoms with Gasteiger partial charge in [-0.25, -0.2) is 9.97 Å². The van der Waals surface area contributed by atoms with E-state index in [4.69, 9.17) is 9.72 Å². The molecular formula is C22H31BrN4O2S. The maximum Gasteiger partial charge on any atom is 0.305 e. The summed E-state index contributed by atoms with van der Waals surface area (Å²) in [6.07, 6.45) is 5.91. The first kappa shape index (κ1) is 23.2. The minimum atomic E-state index is -0.162. The van der Waals surface area contributed by atoms with E-state index in [1.165, 1.54) is 12.0 Å². The van der Waals surface area contributed by atoms with Gasteiger partial charge in [0.2, 0.25) is 5.95 Å². The van der Waals surface area contributed by atoms with E-state index in [0.29, 0.717) is 18.4 Å². The van der Waals surface area contributed by atoms with E-state index in [-0.39, 0.29) is 17.0 Å². The number of aryl methyl sites for hydroxylation is 1. The Morgan fingerprint density at radius 3 is 2.67 bits per heavy atom. The number of halogens is 1. The van der Waals surface area contributed by atoms with Crippen LogP contribution in [0.25, 0.3) is 10.6 Å². The maximum atomic E-state index is 11.3. The smallest absolute Gasteiger partial charge is 0.305 e. The van der Waals surface area contributed by atoms with Crippen LogP contribution in [-0.2, 0) is 16.0 Å². The summed E-state index contributed by atoms with van der Waals surface area (Å²) in [4.78, 5) is 22.9. The lowest BCUT2D eigenvalue weighted by atomic mass is 9.80. The summed E-state index contributed by atoms with van der Waals surface area (Å²) >= 11 is 5.31. The largest absolute Gasteiger partial charge is 0.469 e. The maximum absolute atomic E-state index is 11.3. The van der Waals surface area contributed by atoms with Crippen LogP contribution in [0.1, 0.15) is 58.3 Å². The highest BCUT2D eigenvalue weighted by atomic mass is 79.9. The number of anilines is 1. The van der Waals surface area contributed by atoms with Gasteiger partial charge in [0.1, 0.15) is 0 Å². The first-order chi connectivity index (χ1) is 14.1. The standard InChI is InChI=1S/C22H31BrN4O2S/c1-21(2)11-14(12-22(3,4)27-21)25-20-24-13-16(23)19(26-20)17-10-9-15(30-17)7-6-8-18(28)29-5/h9-10,13-14,27H,6-8,11-12H2,1-5H3,(H,24,25,26). The van der Waals surface area contributed by atoms with E-state index in [9.17, 15) is 4.79 Å². The van der Waals surface area contributed by atoms with Gasteiger partial charge in [0, 0.05) is 34.6 Å². The first-order valence-corrected chi connectivity index (χ1v) is 11.9. The number of nitrogens with one attached hydrogen (secondary N) is 2. The zero-order valence-electron chi connectivity index (χ0n) is 18.3. The third-order valence-corrected chi connectivity index (χ3v) is 6.93. The quantitative estimate of drug-likeness (QED) is 0.516. The van der Waals surface area contributed by atoms with Crippen molar-refractivity contribution in [3.8, 4) is 10.6 Å². The first-order valence-electron chi connectivity index (χ1n) is 10.3. The summed E-state index contributed by atoms with van der Waals surface area (Å²) in [5.74, 6) is 0.498. The van der Waals surface area contributed by atoms with Gasteiger partial charge in [-0.15, -0.1) is 11.3 Å². The van der Waals surface area contributed by atoms with Crippen molar-refractivity contribution in [3.05, 3.63) is 27.7 Å². The fraction of sp³-hybridized carbons (Fsp3) is 0.591. The second-order valence-corrected chi connectivity index (χ2v) is 11.3. The normalized spacial score (nSPS) is 18.2. The number of aromatic nitrogens is 2. The van der Waals surface area contributed by atoms with Crippen LogP contribution in [-0.4, -0.2) is 40.2 Å². The average Bonchev–Trinajstić information content (AvgIpc) is 3.09. The molecule has 1 aliphatic heterocycles. The van der Waals surface area contributed by atoms with E-state index in [0.717, 1.165) is 40.7 Å². The Labute approximate surface area is 191 Å². The van der Waals surface area contributed by atoms with Crippen molar-refractivity contribution in [2.75, 3.05) is 12.4 Å². The Hall–Kier alpha value is -1.51. The molecule has 1 fully saturated rings. The van der Waals surface area contributed by atoms with Crippen molar-refractivity contribution < 1.29 is 9.53 Å². The van der Waals surface area contributed by atoms with Crippen LogP contribution in [0.5, 0.6) is 0 Å². The van der Waals surface area contributed by atoms with Crippen molar-refractivity contribution in [3.63, 3.8) is 0 Å². The van der Waals surface area contributed by atoms with Crippen LogP contribution in [0.2, 0.25) is 0 Å². The second kappa shape index (κ2) is 9.32. The third-order valence-electron chi connectivity index (χ3n) is 5.19. The summed E-state index contributed by atoms with van der Waals surface area (Å²) in [5, 5.41) is 7.27. The topological polar surface area (TPSA) is 76.1 Å². The van der Waals surface area contributed by atoms with Gasteiger partial charge in [-0.1, -0.05) is 0 Å². The van der Waals surface area contributed by atoms with Crippen molar-refractivity contribution in [2.24, 2.45) is 0 Å². The lowest BCUT2D eigenvalue weighted by molar-refractivity contribution is -0.140. The number of rotatable bonds is 7. The zero-order valence-corrected chi connectivity index (χ0v) is 20.7. The minimum absolute atomic E-state index is 0.0600. The number of piperidine rings is 1. The molecule has 0 amide bonds. The molecule has 0 saturated carbocycles. The molecule has 0 aromatic carbocycles. The molecule has 30 heavy (non-hydrogen) atoms. The molecule has 0 aliphatic carbocycles. The van der Waals surface area contributed by atoms with Gasteiger partial charge >= 0.3 is 5.97 Å². The molecule has 3 heterocycles. The lowest BCUT2D eigenvalue weighted by Gasteiger charge is -2.46. The van der Waals surface area contributed by atoms with Crippen LogP contribution in [0, 0.1) is 0 Å². The number of thiophene rings is 1. The number of hydrogen-bond donors (Lipinski definition) is 2. The molecule has 164 valence electrons. The van der Waals surface area contributed by atoms with Crippen LogP contribution < -0.4 is 10.6 Å². The Balaban J connectivity index is 1.71. The molecule has 2 aromatic rings. The molecule has 0 bridgehead atoms. The van der Waals surface area contributed by atoms with Crippen LogP contribution >= 0.6 is 27.3 Å². The molecule has 3 rings (SSSR count). The molecule has 0 atom stereocenters. The van der Waals surface area contributed by atoms with Crippen LogP contribution in [0.3, 0.4) is 0 Å². The number of esters is 1. The monoisotopic (exact) mass is 494 g/mol. The third kappa shape index (κ3) is 6.25. The summed E-state index contributed by atoms with van der Waals surface area (Å²) in [6.45, 7) is 8.96. The van der Waals surface area contributed by atoms with Crippen molar-refractivity contribution in [1.29, 1.82) is 0 Å². The molecule has 0 radical (unpaired) electrons. The van der Waals surface area contributed by atoms with E-state index in [2.05, 4.69) is 71.4 Å². The number of hydrogen-bond acceptors (Lipinski definition) is 7. The number of nitrogens with zero attached hydrogens (tertiary/aromatic N) is 2. The number of methoxy groups -OCH3 is 1. The Morgan fingerprint density at radius 2 is 2.00 bits per heavy atom. The van der Waals surface area contributed by atoms with E-state index < -0.39 is 0 Å². The van der Waals surface area contributed by atoms with Crippen LogP contribution in [0.15, 0.2) is 22.8 Å². The second-order valence-electron chi connectivity index (χ2n) is 9.23. The van der Waals surface area contributed by atoms with Gasteiger partial charge in [-0.3, -0.25) is 4.79 Å². The van der Waals surface area contributed by atoms with E-state index in [1.807, 2.05) is 6.20 Å². The van der Waals surface area contributed by atoms with Gasteiger partial charge in [0.25, 0.3) is 0 Å². The fourth-order valence-electron chi connectivity index (χ4n) is 4.36. The molecular weight excluding hydrogens is 464 g/mol. The number of carbonyl (C=O) groups is 1. The summed E-state index contributed by atoms with van der Waals surface area (Å²) in [6, 6.07) is 4.50. The molecule has 1 aliphatic rings. The van der Waals surface area contributed by atoms with Gasteiger partial charge < -0.3 is 15.4 Å². The molecule has 2 aromatic heterocycles. The zero-order chi connectivity index (χ0) is 21.9. The summed E-state index contributed by atoms with van der Waals surface area (Å²) in [5.41, 5.74) is 1.01. The van der Waals surface area contributed by atoms with Crippen molar-refractivity contribution >= 4 is 39.2 Å². The highest BCUT2D eigenvalue weighted by Gasteiger charge is 2.37. The molecule has 0 spiro atoms. The van der Waals surface area contributed by atoms with E-state index in [1.54, 1.807) is 11.3 Å². The van der Waals surface area contributed by atoms with Crippen molar-refractivity contribution in [2.45, 2.75) is 76.9 Å². The molecule has 6 nitrogen and oxygen atoms in total. The Bertz CT molecular complexity index is 881. The summed E-state index contributed by atoms with van der Waals surface area (Å²) in [7, 11) is 1.43. The molecule has 1 saturated heterocycles. The lowest BCUT2D eigenvalue weighted by Crippen LogP contribution is -2.60. The average molecular weight is 495 g/mol. The van der Waals surface area contributed by atoms with Crippen molar-refractivity contribution in [1.82, 2.24) is 15.3 Å². The van der Waals surface area contributed by atoms with Gasteiger partial charge in [0.15, 0.2) is 0 Å². The van der Waals surface area contributed by atoms with Gasteiger partial charge in [0.05, 0.1) is 22.2 Å².